The van der Waals surface area contributed by atoms with Crippen LogP contribution in [0.25, 0.3) is 16.7 Å². The quantitative estimate of drug-likeness (QED) is 0.570. The summed E-state index contributed by atoms with van der Waals surface area (Å²) in [6.07, 6.45) is 0.960. The van der Waals surface area contributed by atoms with Gasteiger partial charge in [-0.25, -0.2) is 4.98 Å². The zero-order valence-electron chi connectivity index (χ0n) is 12.0. The van der Waals surface area contributed by atoms with Crippen LogP contribution < -0.4 is 0 Å². The highest BCUT2D eigenvalue weighted by Crippen LogP contribution is 2.28. The monoisotopic (exact) mass is 362 g/mol. The van der Waals surface area contributed by atoms with E-state index in [0.29, 0.717) is 5.88 Å². The van der Waals surface area contributed by atoms with Crippen LogP contribution >= 0.6 is 27.5 Å². The Morgan fingerprint density at radius 1 is 1.24 bits per heavy atom. The van der Waals surface area contributed by atoms with E-state index in [2.05, 4.69) is 70.7 Å². The molecule has 0 bridgehead atoms. The fraction of sp³-hybridized carbons (Fsp3) is 0.235. The van der Waals surface area contributed by atoms with Gasteiger partial charge in [0.2, 0.25) is 0 Å². The summed E-state index contributed by atoms with van der Waals surface area (Å²) in [6.45, 7) is 4.25. The number of para-hydroxylation sites is 1. The number of fused-ring (bicyclic) bond motifs is 1. The molecule has 0 amide bonds. The van der Waals surface area contributed by atoms with E-state index >= 15 is 0 Å². The lowest BCUT2D eigenvalue weighted by Crippen LogP contribution is -2.03. The van der Waals surface area contributed by atoms with Crippen LogP contribution in [0.3, 0.4) is 0 Å². The van der Waals surface area contributed by atoms with Gasteiger partial charge < -0.3 is 0 Å². The summed E-state index contributed by atoms with van der Waals surface area (Å²) in [5, 5.41) is 0. The first-order valence-corrected chi connectivity index (χ1v) is 8.30. The van der Waals surface area contributed by atoms with Gasteiger partial charge in [0.25, 0.3) is 0 Å². The molecule has 0 fully saturated rings. The molecule has 0 saturated heterocycles. The molecule has 2 nitrogen and oxygen atoms in total. The van der Waals surface area contributed by atoms with Gasteiger partial charge in [-0.2, -0.15) is 0 Å². The van der Waals surface area contributed by atoms with Crippen LogP contribution in [0.15, 0.2) is 40.9 Å². The number of hydrogen-bond acceptors (Lipinski definition) is 1. The molecule has 108 valence electrons. The van der Waals surface area contributed by atoms with Crippen molar-refractivity contribution in [3.05, 3.63) is 57.8 Å². The summed E-state index contributed by atoms with van der Waals surface area (Å²) in [5.74, 6) is 1.28. The van der Waals surface area contributed by atoms with Crippen molar-refractivity contribution in [3.8, 4) is 5.69 Å². The predicted molar refractivity (Wildman–Crippen MR) is 92.4 cm³/mol. The first kappa shape index (κ1) is 14.6. The number of alkyl halides is 1. The number of imidazole rings is 1. The van der Waals surface area contributed by atoms with Crippen LogP contribution in [0.2, 0.25) is 0 Å². The third kappa shape index (κ3) is 2.49. The van der Waals surface area contributed by atoms with Gasteiger partial charge in [-0.1, -0.05) is 35.0 Å². The van der Waals surface area contributed by atoms with Crippen molar-refractivity contribution in [2.24, 2.45) is 0 Å². The molecule has 0 unspecified atom stereocenters. The Balaban J connectivity index is 2.36. The van der Waals surface area contributed by atoms with Crippen molar-refractivity contribution < 1.29 is 0 Å². The molecule has 0 aliphatic carbocycles. The lowest BCUT2D eigenvalue weighted by Gasteiger charge is -2.13. The number of aryl methyl sites for hydroxylation is 2. The van der Waals surface area contributed by atoms with E-state index in [1.807, 2.05) is 0 Å². The fourth-order valence-electron chi connectivity index (χ4n) is 2.70. The minimum atomic E-state index is 0.396. The fourth-order valence-corrected chi connectivity index (χ4v) is 3.29. The van der Waals surface area contributed by atoms with Crippen molar-refractivity contribution >= 4 is 38.6 Å². The minimum absolute atomic E-state index is 0.396. The van der Waals surface area contributed by atoms with Crippen LogP contribution in [0.4, 0.5) is 0 Å². The summed E-state index contributed by atoms with van der Waals surface area (Å²) < 4.78 is 3.27. The minimum Gasteiger partial charge on any atom is -0.295 e. The molecule has 0 spiro atoms. The lowest BCUT2D eigenvalue weighted by atomic mass is 10.1. The Morgan fingerprint density at radius 2 is 2.05 bits per heavy atom. The van der Waals surface area contributed by atoms with Gasteiger partial charge >= 0.3 is 0 Å². The Kier molecular flexibility index (Phi) is 4.05. The van der Waals surface area contributed by atoms with E-state index in [-0.39, 0.29) is 0 Å². The molecule has 1 heterocycles. The average molecular weight is 364 g/mol. The van der Waals surface area contributed by atoms with Gasteiger partial charge in [0.05, 0.1) is 22.6 Å². The number of aromatic nitrogens is 2. The molecule has 0 radical (unpaired) electrons. The zero-order chi connectivity index (χ0) is 15.0. The SMILES string of the molecule is CCc1cc(Br)ccc1-n1c(CCl)nc2c(C)cccc21. The second kappa shape index (κ2) is 5.82. The highest BCUT2D eigenvalue weighted by atomic mass is 79.9. The number of hydrogen-bond donors (Lipinski definition) is 0. The number of halogens is 2. The molecule has 21 heavy (non-hydrogen) atoms. The van der Waals surface area contributed by atoms with Crippen LogP contribution in [-0.2, 0) is 12.3 Å². The van der Waals surface area contributed by atoms with Crippen molar-refractivity contribution in [2.75, 3.05) is 0 Å². The van der Waals surface area contributed by atoms with Crippen LogP contribution in [0.5, 0.6) is 0 Å². The molecule has 3 aromatic rings. The summed E-state index contributed by atoms with van der Waals surface area (Å²) in [4.78, 5) is 4.72. The molecule has 0 N–H and O–H groups in total. The highest BCUT2D eigenvalue weighted by Gasteiger charge is 2.15. The molecule has 0 aliphatic rings. The smallest absolute Gasteiger partial charge is 0.129 e. The normalized spacial score (nSPS) is 11.2. The van der Waals surface area contributed by atoms with E-state index in [0.717, 1.165) is 33.4 Å². The molecular formula is C17H16BrClN2. The van der Waals surface area contributed by atoms with Crippen molar-refractivity contribution in [3.63, 3.8) is 0 Å². The van der Waals surface area contributed by atoms with Gasteiger partial charge in [0.15, 0.2) is 0 Å². The van der Waals surface area contributed by atoms with Gasteiger partial charge in [0, 0.05) is 4.47 Å². The molecular weight excluding hydrogens is 348 g/mol. The molecule has 0 atom stereocenters. The Hall–Kier alpha value is -1.32. The van der Waals surface area contributed by atoms with Crippen molar-refractivity contribution in [2.45, 2.75) is 26.1 Å². The van der Waals surface area contributed by atoms with Crippen LogP contribution in [0, 0.1) is 6.92 Å². The Morgan fingerprint density at radius 3 is 2.76 bits per heavy atom. The van der Waals surface area contributed by atoms with Gasteiger partial charge in [-0.3, -0.25) is 4.57 Å². The summed E-state index contributed by atoms with van der Waals surface area (Å²) >= 11 is 9.69. The van der Waals surface area contributed by atoms with Crippen LogP contribution in [-0.4, -0.2) is 9.55 Å². The predicted octanol–water partition coefficient (Wildman–Crippen LogP) is 5.40. The number of nitrogens with zero attached hydrogens (tertiary/aromatic N) is 2. The third-order valence-electron chi connectivity index (χ3n) is 3.74. The Bertz CT molecular complexity index is 808. The maximum atomic E-state index is 6.14. The second-order valence-corrected chi connectivity index (χ2v) is 6.25. The van der Waals surface area contributed by atoms with Crippen LogP contribution in [0.1, 0.15) is 23.9 Å². The molecule has 4 heteroatoms. The van der Waals surface area contributed by atoms with E-state index in [9.17, 15) is 0 Å². The Labute approximate surface area is 137 Å². The van der Waals surface area contributed by atoms with Crippen molar-refractivity contribution in [1.82, 2.24) is 9.55 Å². The van der Waals surface area contributed by atoms with Gasteiger partial charge in [0.1, 0.15) is 5.82 Å². The van der Waals surface area contributed by atoms with Gasteiger partial charge in [-0.15, -0.1) is 11.6 Å². The third-order valence-corrected chi connectivity index (χ3v) is 4.47. The number of benzene rings is 2. The van der Waals surface area contributed by atoms with E-state index in [4.69, 9.17) is 16.6 Å². The second-order valence-electron chi connectivity index (χ2n) is 5.07. The van der Waals surface area contributed by atoms with Crippen molar-refractivity contribution in [1.29, 1.82) is 0 Å². The molecule has 2 aromatic carbocycles. The summed E-state index contributed by atoms with van der Waals surface area (Å²) in [7, 11) is 0. The van der Waals surface area contributed by atoms with Gasteiger partial charge in [-0.05, 0) is 48.7 Å². The molecule has 1 aromatic heterocycles. The van der Waals surface area contributed by atoms with E-state index in [1.54, 1.807) is 0 Å². The molecule has 0 saturated carbocycles. The lowest BCUT2D eigenvalue weighted by molar-refractivity contribution is 0.954. The zero-order valence-corrected chi connectivity index (χ0v) is 14.4. The average Bonchev–Trinajstić information content (AvgIpc) is 2.87. The summed E-state index contributed by atoms with van der Waals surface area (Å²) in [6, 6.07) is 12.6. The highest BCUT2D eigenvalue weighted by molar-refractivity contribution is 9.10. The summed E-state index contributed by atoms with van der Waals surface area (Å²) in [5.41, 5.74) is 5.74. The topological polar surface area (TPSA) is 17.8 Å². The first-order valence-electron chi connectivity index (χ1n) is 6.97. The standard InChI is InChI=1S/C17H16BrClN2/c1-3-12-9-13(18)7-8-14(12)21-15-6-4-5-11(2)17(15)20-16(21)10-19/h4-9H,3,10H2,1-2H3. The maximum absolute atomic E-state index is 6.14. The largest absolute Gasteiger partial charge is 0.295 e. The molecule has 0 aliphatic heterocycles. The van der Waals surface area contributed by atoms with E-state index in [1.165, 1.54) is 11.1 Å². The molecule has 3 rings (SSSR count). The first-order chi connectivity index (χ1) is 10.2. The number of rotatable bonds is 3. The van der Waals surface area contributed by atoms with E-state index < -0.39 is 0 Å². The maximum Gasteiger partial charge on any atom is 0.129 e.